The molecule has 0 unspecified atom stereocenters. The molecule has 6 heteroatoms. The fraction of sp³-hybridized carbons (Fsp3) is 0.357. The van der Waals surface area contributed by atoms with Crippen molar-refractivity contribution in [1.29, 1.82) is 0 Å². The summed E-state index contributed by atoms with van der Waals surface area (Å²) in [6, 6.07) is 7.87. The van der Waals surface area contributed by atoms with Gasteiger partial charge in [0.1, 0.15) is 6.61 Å². The molecule has 3 nitrogen and oxygen atoms in total. The van der Waals surface area contributed by atoms with Crippen LogP contribution < -0.4 is 5.32 Å². The van der Waals surface area contributed by atoms with Crippen molar-refractivity contribution in [2.24, 2.45) is 0 Å². The van der Waals surface area contributed by atoms with Gasteiger partial charge >= 0.3 is 12.1 Å². The topological polar surface area (TPSA) is 38.3 Å². The largest absolute Gasteiger partial charge is 0.462 e. The predicted octanol–water partition coefficient (Wildman–Crippen LogP) is 2.75. The van der Waals surface area contributed by atoms with Crippen molar-refractivity contribution in [1.82, 2.24) is 5.32 Å². The second-order valence-corrected chi connectivity index (χ2v) is 4.60. The number of esters is 1. The number of cyclic esters (lactones) is 1. The first-order valence-electron chi connectivity index (χ1n) is 6.08. The molecule has 0 amide bonds. The van der Waals surface area contributed by atoms with Gasteiger partial charge in [0.05, 0.1) is 6.04 Å². The van der Waals surface area contributed by atoms with Gasteiger partial charge in [-0.2, -0.15) is 13.2 Å². The van der Waals surface area contributed by atoms with Crippen molar-refractivity contribution < 1.29 is 22.7 Å². The van der Waals surface area contributed by atoms with Gasteiger partial charge in [-0.25, -0.2) is 4.79 Å². The minimum absolute atomic E-state index is 0.127. The van der Waals surface area contributed by atoms with Crippen molar-refractivity contribution in [3.05, 3.63) is 48.6 Å². The average Bonchev–Trinajstić information content (AvgIpc) is 2.41. The molecule has 1 saturated heterocycles. The highest BCUT2D eigenvalue weighted by Gasteiger charge is 2.63. The first kappa shape index (κ1) is 14.6. The number of carbonyl (C=O) groups excluding carboxylic acids is 1. The monoisotopic (exact) mass is 285 g/mol. The third kappa shape index (κ3) is 2.43. The molecule has 1 aromatic carbocycles. The maximum Gasteiger partial charge on any atom is 0.417 e. The van der Waals surface area contributed by atoms with Crippen molar-refractivity contribution in [2.45, 2.75) is 24.2 Å². The summed E-state index contributed by atoms with van der Waals surface area (Å²) in [6.07, 6.45) is -4.26. The molecule has 0 bridgehead atoms. The fourth-order valence-electron chi connectivity index (χ4n) is 2.22. The molecule has 0 saturated carbocycles. The number of rotatable bonds is 3. The summed E-state index contributed by atoms with van der Waals surface area (Å²) in [7, 11) is 0. The number of hydrogen-bond acceptors (Lipinski definition) is 3. The standard InChI is InChI=1S/C14H14F3NO2/c1-2-8-13(14(15,16)17)12(19)20-9-11(18-13)10-6-4-3-5-7-10/h2-7,11,18H,1,8-9H2/t11-,13-/m0/s1. The van der Waals surface area contributed by atoms with Crippen LogP contribution in [0.1, 0.15) is 18.0 Å². The summed E-state index contributed by atoms with van der Waals surface area (Å²) >= 11 is 0. The predicted molar refractivity (Wildman–Crippen MR) is 66.9 cm³/mol. The Morgan fingerprint density at radius 2 is 2.05 bits per heavy atom. The Labute approximate surface area is 114 Å². The van der Waals surface area contributed by atoms with Crippen molar-refractivity contribution in [2.75, 3.05) is 6.61 Å². The molecule has 1 aliphatic rings. The fourth-order valence-corrected chi connectivity index (χ4v) is 2.22. The maximum absolute atomic E-state index is 13.3. The normalized spacial score (nSPS) is 26.9. The average molecular weight is 285 g/mol. The lowest BCUT2D eigenvalue weighted by Crippen LogP contribution is -2.66. The van der Waals surface area contributed by atoms with Gasteiger partial charge in [-0.1, -0.05) is 36.4 Å². The van der Waals surface area contributed by atoms with Gasteiger partial charge in [0.15, 0.2) is 0 Å². The van der Waals surface area contributed by atoms with Gasteiger partial charge in [0.2, 0.25) is 5.54 Å². The third-order valence-corrected chi connectivity index (χ3v) is 3.29. The molecule has 0 radical (unpaired) electrons. The molecule has 2 atom stereocenters. The van der Waals surface area contributed by atoms with E-state index in [1.807, 2.05) is 0 Å². The van der Waals surface area contributed by atoms with Crippen LogP contribution in [0.25, 0.3) is 0 Å². The van der Waals surface area contributed by atoms with E-state index in [1.165, 1.54) is 0 Å². The Bertz CT molecular complexity index is 501. The van der Waals surface area contributed by atoms with Crippen molar-refractivity contribution in [3.8, 4) is 0 Å². The molecule has 1 heterocycles. The molecule has 2 rings (SSSR count). The first-order chi connectivity index (χ1) is 9.40. The lowest BCUT2D eigenvalue weighted by Gasteiger charge is -2.40. The van der Waals surface area contributed by atoms with E-state index >= 15 is 0 Å². The van der Waals surface area contributed by atoms with Crippen LogP contribution in [0.2, 0.25) is 0 Å². The Kier molecular flexibility index (Phi) is 3.85. The molecule has 0 spiro atoms. The Morgan fingerprint density at radius 3 is 2.60 bits per heavy atom. The smallest absolute Gasteiger partial charge is 0.417 e. The Balaban J connectivity index is 2.36. The highest BCUT2D eigenvalue weighted by atomic mass is 19.4. The molecule has 1 fully saturated rings. The summed E-state index contributed by atoms with van der Waals surface area (Å²) in [4.78, 5) is 11.7. The van der Waals surface area contributed by atoms with Gasteiger partial charge in [0.25, 0.3) is 0 Å². The summed E-state index contributed by atoms with van der Waals surface area (Å²) < 4.78 is 44.7. The van der Waals surface area contributed by atoms with Crippen LogP contribution in [0.3, 0.4) is 0 Å². The van der Waals surface area contributed by atoms with Crippen LogP contribution in [0.4, 0.5) is 13.2 Å². The third-order valence-electron chi connectivity index (χ3n) is 3.29. The van der Waals surface area contributed by atoms with E-state index in [-0.39, 0.29) is 6.61 Å². The molecule has 1 N–H and O–H groups in total. The van der Waals surface area contributed by atoms with Crippen LogP contribution in [0, 0.1) is 0 Å². The van der Waals surface area contributed by atoms with Crippen molar-refractivity contribution >= 4 is 5.97 Å². The molecular formula is C14H14F3NO2. The van der Waals surface area contributed by atoms with Crippen LogP contribution >= 0.6 is 0 Å². The SMILES string of the molecule is C=CC[C@]1(C(F)(F)F)N[C@H](c2ccccc2)COC1=O. The molecule has 1 aliphatic heterocycles. The number of halogens is 3. The quantitative estimate of drug-likeness (QED) is 0.685. The molecular weight excluding hydrogens is 271 g/mol. The zero-order valence-electron chi connectivity index (χ0n) is 10.6. The Morgan fingerprint density at radius 1 is 1.40 bits per heavy atom. The van der Waals surface area contributed by atoms with Crippen LogP contribution in [0.15, 0.2) is 43.0 Å². The number of alkyl halides is 3. The lowest BCUT2D eigenvalue weighted by molar-refractivity contribution is -0.224. The minimum atomic E-state index is -4.76. The van der Waals surface area contributed by atoms with E-state index in [1.54, 1.807) is 30.3 Å². The molecule has 0 aromatic heterocycles. The molecule has 0 aliphatic carbocycles. The summed E-state index contributed by atoms with van der Waals surface area (Å²) in [5.41, 5.74) is -2.09. The van der Waals surface area contributed by atoms with Gasteiger partial charge in [0, 0.05) is 6.42 Å². The second kappa shape index (κ2) is 5.28. The number of hydrogen-bond donors (Lipinski definition) is 1. The number of ether oxygens (including phenoxy) is 1. The van der Waals surface area contributed by atoms with Gasteiger partial charge in [-0.3, -0.25) is 5.32 Å². The maximum atomic E-state index is 13.3. The van der Waals surface area contributed by atoms with Gasteiger partial charge in [-0.15, -0.1) is 6.58 Å². The van der Waals surface area contributed by atoms with Gasteiger partial charge in [-0.05, 0) is 5.56 Å². The first-order valence-corrected chi connectivity index (χ1v) is 6.08. The minimum Gasteiger partial charge on any atom is -0.462 e. The Hall–Kier alpha value is -1.82. The molecule has 1 aromatic rings. The zero-order chi connectivity index (χ0) is 14.8. The summed E-state index contributed by atoms with van der Waals surface area (Å²) in [5, 5.41) is 2.40. The highest BCUT2D eigenvalue weighted by Crippen LogP contribution is 2.39. The highest BCUT2D eigenvalue weighted by molar-refractivity contribution is 5.83. The van der Waals surface area contributed by atoms with Crippen LogP contribution in [-0.4, -0.2) is 24.3 Å². The lowest BCUT2D eigenvalue weighted by atomic mass is 9.90. The van der Waals surface area contributed by atoms with E-state index in [0.717, 1.165) is 6.08 Å². The molecule has 20 heavy (non-hydrogen) atoms. The van der Waals surface area contributed by atoms with E-state index in [4.69, 9.17) is 4.74 Å². The van der Waals surface area contributed by atoms with E-state index in [9.17, 15) is 18.0 Å². The van der Waals surface area contributed by atoms with E-state index < -0.39 is 30.1 Å². The number of morpholine rings is 1. The number of benzene rings is 1. The number of nitrogens with one attached hydrogen (secondary N) is 1. The summed E-state index contributed by atoms with van der Waals surface area (Å²) in [5.74, 6) is -1.31. The second-order valence-electron chi connectivity index (χ2n) is 4.60. The van der Waals surface area contributed by atoms with Crippen molar-refractivity contribution in [3.63, 3.8) is 0 Å². The van der Waals surface area contributed by atoms with Crippen LogP contribution in [-0.2, 0) is 9.53 Å². The summed E-state index contributed by atoms with van der Waals surface area (Å²) in [6.45, 7) is 3.17. The number of carbonyl (C=O) groups is 1. The van der Waals surface area contributed by atoms with Crippen LogP contribution in [0.5, 0.6) is 0 Å². The van der Waals surface area contributed by atoms with E-state index in [0.29, 0.717) is 5.56 Å². The van der Waals surface area contributed by atoms with Gasteiger partial charge < -0.3 is 4.74 Å². The zero-order valence-corrected chi connectivity index (χ0v) is 10.6. The van der Waals surface area contributed by atoms with E-state index in [2.05, 4.69) is 11.9 Å². The molecule has 108 valence electrons.